The first-order valence-corrected chi connectivity index (χ1v) is 8.20. The number of carbonyl (C=O) groups is 1. The third-order valence-electron chi connectivity index (χ3n) is 4.41. The lowest BCUT2D eigenvalue weighted by Gasteiger charge is -2.23. The fourth-order valence-electron chi connectivity index (χ4n) is 3.18. The van der Waals surface area contributed by atoms with Gasteiger partial charge < -0.3 is 5.32 Å². The second kappa shape index (κ2) is 5.80. The van der Waals surface area contributed by atoms with Gasteiger partial charge in [-0.1, -0.05) is 53.6 Å². The Morgan fingerprint density at radius 3 is 2.50 bits per heavy atom. The number of hydrogen-bond acceptors (Lipinski definition) is 2. The van der Waals surface area contributed by atoms with Crippen LogP contribution in [0.25, 0.3) is 11.3 Å². The van der Waals surface area contributed by atoms with E-state index in [1.165, 1.54) is 5.56 Å². The highest BCUT2D eigenvalue weighted by atomic mass is 35.5. The number of rotatable bonds is 2. The summed E-state index contributed by atoms with van der Waals surface area (Å²) in [6.07, 6.45) is 0.413. The zero-order valence-electron chi connectivity index (χ0n) is 13.1. The van der Waals surface area contributed by atoms with Crippen molar-refractivity contribution < 1.29 is 4.79 Å². The number of H-pyrrole nitrogens is 1. The van der Waals surface area contributed by atoms with Crippen molar-refractivity contribution in [2.24, 2.45) is 0 Å². The highest BCUT2D eigenvalue weighted by molar-refractivity contribution is 6.30. The quantitative estimate of drug-likeness (QED) is 0.722. The summed E-state index contributed by atoms with van der Waals surface area (Å²) in [4.78, 5) is 12.1. The molecule has 0 aliphatic carbocycles. The number of halogens is 1. The smallest absolute Gasteiger partial charge is 0.226 e. The van der Waals surface area contributed by atoms with Gasteiger partial charge in [0.05, 0.1) is 5.69 Å². The molecule has 0 spiro atoms. The molecule has 1 atom stereocenters. The average Bonchev–Trinajstić information content (AvgIpc) is 2.99. The van der Waals surface area contributed by atoms with Crippen LogP contribution in [0.1, 0.15) is 29.0 Å². The Morgan fingerprint density at radius 1 is 1.08 bits per heavy atom. The number of aromatic amines is 1. The molecule has 4 rings (SSSR count). The summed E-state index contributed by atoms with van der Waals surface area (Å²) < 4.78 is 0. The van der Waals surface area contributed by atoms with Gasteiger partial charge >= 0.3 is 0 Å². The fraction of sp³-hybridized carbons (Fsp3) is 0.158. The number of benzene rings is 2. The molecule has 0 fully saturated rings. The van der Waals surface area contributed by atoms with Crippen molar-refractivity contribution >= 4 is 23.3 Å². The van der Waals surface area contributed by atoms with Gasteiger partial charge in [-0.3, -0.25) is 9.89 Å². The summed E-state index contributed by atoms with van der Waals surface area (Å²) in [5.74, 6) is 0.586. The largest absolute Gasteiger partial charge is 0.309 e. The van der Waals surface area contributed by atoms with Crippen molar-refractivity contribution in [1.29, 1.82) is 0 Å². The molecule has 4 nitrogen and oxygen atoms in total. The summed E-state index contributed by atoms with van der Waals surface area (Å²) >= 11 is 5.99. The van der Waals surface area contributed by atoms with Crippen LogP contribution in [0.5, 0.6) is 0 Å². The fourth-order valence-corrected chi connectivity index (χ4v) is 3.30. The van der Waals surface area contributed by atoms with E-state index in [1.807, 2.05) is 24.3 Å². The van der Waals surface area contributed by atoms with Crippen LogP contribution in [0.3, 0.4) is 0 Å². The molecule has 1 amide bonds. The van der Waals surface area contributed by atoms with Gasteiger partial charge in [0.2, 0.25) is 5.91 Å². The second-order valence-electron chi connectivity index (χ2n) is 6.08. The zero-order chi connectivity index (χ0) is 16.7. The minimum Gasteiger partial charge on any atom is -0.309 e. The van der Waals surface area contributed by atoms with Crippen LogP contribution >= 0.6 is 11.6 Å². The summed E-state index contributed by atoms with van der Waals surface area (Å²) in [6.45, 7) is 2.06. The monoisotopic (exact) mass is 337 g/mol. The van der Waals surface area contributed by atoms with Crippen molar-refractivity contribution in [2.45, 2.75) is 19.3 Å². The summed E-state index contributed by atoms with van der Waals surface area (Å²) in [5.41, 5.74) is 5.27. The minimum atomic E-state index is -0.0150. The van der Waals surface area contributed by atoms with Crippen LogP contribution in [0.15, 0.2) is 48.5 Å². The highest BCUT2D eigenvalue weighted by Gasteiger charge is 2.31. The number of hydrogen-bond donors (Lipinski definition) is 2. The predicted molar refractivity (Wildman–Crippen MR) is 95.3 cm³/mol. The maximum absolute atomic E-state index is 12.1. The minimum absolute atomic E-state index is 0.0118. The van der Waals surface area contributed by atoms with E-state index in [1.54, 1.807) is 0 Å². The summed E-state index contributed by atoms with van der Waals surface area (Å²) in [6, 6.07) is 15.9. The normalized spacial score (nSPS) is 16.6. The first kappa shape index (κ1) is 15.0. The molecule has 24 heavy (non-hydrogen) atoms. The van der Waals surface area contributed by atoms with E-state index in [2.05, 4.69) is 46.7 Å². The summed E-state index contributed by atoms with van der Waals surface area (Å²) in [5, 5.41) is 10.9. The number of amides is 1. The van der Waals surface area contributed by atoms with Gasteiger partial charge in [-0.05, 0) is 24.6 Å². The lowest BCUT2D eigenvalue weighted by molar-refractivity contribution is -0.116. The zero-order valence-corrected chi connectivity index (χ0v) is 13.9. The maximum Gasteiger partial charge on any atom is 0.226 e. The molecule has 0 bridgehead atoms. The lowest BCUT2D eigenvalue weighted by atomic mass is 9.84. The van der Waals surface area contributed by atoms with Crippen molar-refractivity contribution in [1.82, 2.24) is 10.2 Å². The van der Waals surface area contributed by atoms with E-state index < -0.39 is 0 Å². The number of nitrogens with one attached hydrogen (secondary N) is 2. The molecule has 120 valence electrons. The lowest BCUT2D eigenvalue weighted by Crippen LogP contribution is -2.23. The van der Waals surface area contributed by atoms with Gasteiger partial charge in [-0.15, -0.1) is 0 Å². The van der Waals surface area contributed by atoms with E-state index in [0.717, 1.165) is 22.4 Å². The Balaban J connectivity index is 1.85. The van der Waals surface area contributed by atoms with Gasteiger partial charge in [-0.2, -0.15) is 5.10 Å². The van der Waals surface area contributed by atoms with Crippen LogP contribution in [0.4, 0.5) is 5.82 Å². The van der Waals surface area contributed by atoms with Gasteiger partial charge in [0.1, 0.15) is 0 Å². The van der Waals surface area contributed by atoms with Crippen molar-refractivity contribution in [3.8, 4) is 11.3 Å². The predicted octanol–water partition coefficient (Wildman–Crippen LogP) is 4.51. The molecule has 2 N–H and O–H groups in total. The highest BCUT2D eigenvalue weighted by Crippen LogP contribution is 2.41. The van der Waals surface area contributed by atoms with Crippen molar-refractivity contribution in [2.75, 3.05) is 5.32 Å². The Kier molecular flexibility index (Phi) is 3.62. The van der Waals surface area contributed by atoms with Gasteiger partial charge in [0.15, 0.2) is 5.82 Å². The van der Waals surface area contributed by atoms with Crippen LogP contribution in [0, 0.1) is 6.92 Å². The molecule has 1 aliphatic rings. The standard InChI is InChI=1S/C19H16ClN3O/c1-11-2-4-12(5-3-11)15-10-16(24)21-19-17(15)18(22-23-19)13-6-8-14(20)9-7-13/h2-9,15H,10H2,1H3,(H2,21,22,23,24)/t15-/m0/s1. The van der Waals surface area contributed by atoms with E-state index in [9.17, 15) is 4.79 Å². The Labute approximate surface area is 144 Å². The first-order valence-electron chi connectivity index (χ1n) is 7.82. The third-order valence-corrected chi connectivity index (χ3v) is 4.66. The van der Waals surface area contributed by atoms with Gasteiger partial charge in [0, 0.05) is 28.5 Å². The third kappa shape index (κ3) is 2.59. The van der Waals surface area contributed by atoms with Crippen molar-refractivity contribution in [3.63, 3.8) is 0 Å². The molecule has 0 saturated heterocycles. The topological polar surface area (TPSA) is 57.8 Å². The molecular weight excluding hydrogens is 322 g/mol. The number of aryl methyl sites for hydroxylation is 1. The van der Waals surface area contributed by atoms with Crippen LogP contribution in [-0.4, -0.2) is 16.1 Å². The Bertz CT molecular complexity index is 897. The van der Waals surface area contributed by atoms with Gasteiger partial charge in [-0.25, -0.2) is 0 Å². The summed E-state index contributed by atoms with van der Waals surface area (Å²) in [7, 11) is 0. The van der Waals surface area contributed by atoms with E-state index in [4.69, 9.17) is 11.6 Å². The Morgan fingerprint density at radius 2 is 1.79 bits per heavy atom. The number of nitrogens with zero attached hydrogens (tertiary/aromatic N) is 1. The second-order valence-corrected chi connectivity index (χ2v) is 6.52. The van der Waals surface area contributed by atoms with E-state index in [-0.39, 0.29) is 11.8 Å². The van der Waals surface area contributed by atoms with Crippen molar-refractivity contribution in [3.05, 3.63) is 70.2 Å². The van der Waals surface area contributed by atoms with Crippen LogP contribution < -0.4 is 5.32 Å². The molecule has 0 radical (unpaired) electrons. The van der Waals surface area contributed by atoms with Gasteiger partial charge in [0.25, 0.3) is 0 Å². The maximum atomic E-state index is 12.1. The van der Waals surface area contributed by atoms with Crippen LogP contribution in [0.2, 0.25) is 5.02 Å². The SMILES string of the molecule is Cc1ccc([C@@H]2CC(=O)Nc3n[nH]c(-c4ccc(Cl)cc4)c32)cc1. The molecule has 0 unspecified atom stereocenters. The average molecular weight is 338 g/mol. The molecule has 5 heteroatoms. The molecule has 2 heterocycles. The molecule has 1 aliphatic heterocycles. The van der Waals surface area contributed by atoms with E-state index in [0.29, 0.717) is 17.3 Å². The number of aromatic nitrogens is 2. The molecular formula is C19H16ClN3O. The number of carbonyl (C=O) groups excluding carboxylic acids is 1. The van der Waals surface area contributed by atoms with Crippen LogP contribution in [-0.2, 0) is 4.79 Å². The van der Waals surface area contributed by atoms with E-state index >= 15 is 0 Å². The number of fused-ring (bicyclic) bond motifs is 1. The Hall–Kier alpha value is -2.59. The molecule has 0 saturated carbocycles. The number of anilines is 1. The molecule has 3 aromatic rings. The molecule has 2 aromatic carbocycles. The molecule has 1 aromatic heterocycles. The first-order chi connectivity index (χ1) is 11.6.